The van der Waals surface area contributed by atoms with Crippen LogP contribution in [0.3, 0.4) is 0 Å². The minimum Gasteiger partial charge on any atom is -0.472 e. The summed E-state index contributed by atoms with van der Waals surface area (Å²) in [4.78, 5) is 2.19. The van der Waals surface area contributed by atoms with E-state index in [1.165, 1.54) is 0 Å². The third-order valence-electron chi connectivity index (χ3n) is 3.30. The number of furan rings is 1. The van der Waals surface area contributed by atoms with Gasteiger partial charge in [-0.3, -0.25) is 0 Å². The highest BCUT2D eigenvalue weighted by molar-refractivity contribution is 6.31. The molecule has 2 aromatic rings. The topological polar surface area (TPSA) is 28.4 Å². The number of hydrogen-bond acceptors (Lipinski definition) is 3. The molecule has 0 aliphatic carbocycles. The van der Waals surface area contributed by atoms with Gasteiger partial charge in [-0.25, -0.2) is 0 Å². The smallest absolute Gasteiger partial charge is 0.0952 e. The van der Waals surface area contributed by atoms with Crippen LogP contribution in [0.5, 0.6) is 0 Å². The summed E-state index contributed by atoms with van der Waals surface area (Å²) in [5.41, 5.74) is 3.47. The van der Waals surface area contributed by atoms with Gasteiger partial charge in [-0.1, -0.05) is 17.7 Å². The Kier molecular flexibility index (Phi) is 4.96. The molecule has 0 bridgehead atoms. The number of nitrogens with one attached hydrogen (secondary N) is 1. The predicted octanol–water partition coefficient (Wildman–Crippen LogP) is 4.46. The highest BCUT2D eigenvalue weighted by atomic mass is 35.5. The third-order valence-corrected chi connectivity index (χ3v) is 3.65. The number of halogens is 1. The number of benzene rings is 1. The van der Waals surface area contributed by atoms with Gasteiger partial charge in [0, 0.05) is 47.5 Å². The second-order valence-electron chi connectivity index (χ2n) is 6.33. The first kappa shape index (κ1) is 15.9. The Hall–Kier alpha value is -1.45. The van der Waals surface area contributed by atoms with E-state index < -0.39 is 0 Å². The quantitative estimate of drug-likeness (QED) is 0.884. The minimum absolute atomic E-state index is 0.0551. The molecule has 3 nitrogen and oxygen atoms in total. The molecule has 21 heavy (non-hydrogen) atoms. The first-order valence-corrected chi connectivity index (χ1v) is 7.49. The van der Waals surface area contributed by atoms with Crippen molar-refractivity contribution in [2.24, 2.45) is 0 Å². The minimum atomic E-state index is 0.0551. The fraction of sp³-hybridized carbons (Fsp3) is 0.412. The molecule has 1 heterocycles. The fourth-order valence-electron chi connectivity index (χ4n) is 2.18. The van der Waals surface area contributed by atoms with E-state index in [9.17, 15) is 0 Å². The normalized spacial score (nSPS) is 11.7. The summed E-state index contributed by atoms with van der Waals surface area (Å²) in [5, 5.41) is 4.30. The van der Waals surface area contributed by atoms with Gasteiger partial charge >= 0.3 is 0 Å². The first-order valence-electron chi connectivity index (χ1n) is 7.11. The van der Waals surface area contributed by atoms with Gasteiger partial charge < -0.3 is 14.6 Å². The van der Waals surface area contributed by atoms with E-state index in [0.29, 0.717) is 0 Å². The molecule has 0 atom stereocenters. The Balaban J connectivity index is 2.20. The van der Waals surface area contributed by atoms with Gasteiger partial charge in [0.25, 0.3) is 0 Å². The van der Waals surface area contributed by atoms with Gasteiger partial charge in [0.1, 0.15) is 0 Å². The molecule has 0 aliphatic heterocycles. The zero-order valence-electron chi connectivity index (χ0n) is 13.1. The first-order chi connectivity index (χ1) is 9.87. The van der Waals surface area contributed by atoms with Crippen molar-refractivity contribution in [3.8, 4) is 0 Å². The standard InChI is InChI=1S/C17H23ClN2O/c1-17(2,3)19-10-14-15(18)6-5-7-16(14)20(4)11-13-8-9-21-12-13/h5-9,12,19H,10-11H2,1-4H3. The van der Waals surface area contributed by atoms with Gasteiger partial charge in [0.05, 0.1) is 12.5 Å². The summed E-state index contributed by atoms with van der Waals surface area (Å²) in [6.07, 6.45) is 3.47. The van der Waals surface area contributed by atoms with Crippen molar-refractivity contribution >= 4 is 17.3 Å². The maximum Gasteiger partial charge on any atom is 0.0952 e. The van der Waals surface area contributed by atoms with Crippen LogP contribution >= 0.6 is 11.6 Å². The lowest BCUT2D eigenvalue weighted by atomic mass is 10.1. The van der Waals surface area contributed by atoms with Crippen LogP contribution in [0.2, 0.25) is 5.02 Å². The van der Waals surface area contributed by atoms with E-state index in [4.69, 9.17) is 16.0 Å². The van der Waals surface area contributed by atoms with Gasteiger partial charge in [0.15, 0.2) is 0 Å². The van der Waals surface area contributed by atoms with Crippen LogP contribution in [0.15, 0.2) is 41.2 Å². The fourth-order valence-corrected chi connectivity index (χ4v) is 2.41. The number of hydrogen-bond donors (Lipinski definition) is 1. The number of nitrogens with zero attached hydrogens (tertiary/aromatic N) is 1. The molecule has 0 fully saturated rings. The molecule has 0 radical (unpaired) electrons. The van der Waals surface area contributed by atoms with Crippen LogP contribution in [-0.2, 0) is 13.1 Å². The van der Waals surface area contributed by atoms with Crippen molar-refractivity contribution in [2.75, 3.05) is 11.9 Å². The molecule has 0 aliphatic rings. The highest BCUT2D eigenvalue weighted by Gasteiger charge is 2.15. The second-order valence-corrected chi connectivity index (χ2v) is 6.74. The van der Waals surface area contributed by atoms with Crippen molar-refractivity contribution in [1.82, 2.24) is 5.32 Å². The van der Waals surface area contributed by atoms with Crippen LogP contribution in [0.1, 0.15) is 31.9 Å². The maximum absolute atomic E-state index is 6.40. The Morgan fingerprint density at radius 1 is 1.24 bits per heavy atom. The zero-order chi connectivity index (χ0) is 15.5. The molecular formula is C17H23ClN2O. The zero-order valence-corrected chi connectivity index (χ0v) is 13.9. The van der Waals surface area contributed by atoms with Gasteiger partial charge in [-0.2, -0.15) is 0 Å². The summed E-state index contributed by atoms with van der Waals surface area (Å²) in [6, 6.07) is 8.01. The molecule has 0 saturated heterocycles. The van der Waals surface area contributed by atoms with Crippen molar-refractivity contribution < 1.29 is 4.42 Å². The summed E-state index contributed by atoms with van der Waals surface area (Å²) >= 11 is 6.40. The lowest BCUT2D eigenvalue weighted by molar-refractivity contribution is 0.424. The summed E-state index contributed by atoms with van der Waals surface area (Å²) in [7, 11) is 2.07. The number of rotatable bonds is 5. The molecule has 1 N–H and O–H groups in total. The predicted molar refractivity (Wildman–Crippen MR) is 88.9 cm³/mol. The second kappa shape index (κ2) is 6.54. The SMILES string of the molecule is CN(Cc1ccoc1)c1cccc(Cl)c1CNC(C)(C)C. The lowest BCUT2D eigenvalue weighted by Gasteiger charge is -2.26. The molecular weight excluding hydrogens is 284 g/mol. The van der Waals surface area contributed by atoms with Gasteiger partial charge in [0.2, 0.25) is 0 Å². The third kappa shape index (κ3) is 4.51. The van der Waals surface area contributed by atoms with E-state index in [1.54, 1.807) is 12.5 Å². The molecule has 4 heteroatoms. The summed E-state index contributed by atoms with van der Waals surface area (Å²) in [5.74, 6) is 0. The van der Waals surface area contributed by atoms with Crippen LogP contribution in [-0.4, -0.2) is 12.6 Å². The largest absolute Gasteiger partial charge is 0.472 e. The van der Waals surface area contributed by atoms with Crippen LogP contribution < -0.4 is 10.2 Å². The summed E-state index contributed by atoms with van der Waals surface area (Å²) in [6.45, 7) is 7.99. The number of anilines is 1. The molecule has 1 aromatic heterocycles. The Bertz CT molecular complexity index is 573. The molecule has 114 valence electrons. The van der Waals surface area contributed by atoms with E-state index in [-0.39, 0.29) is 5.54 Å². The molecule has 2 rings (SSSR count). The van der Waals surface area contributed by atoms with Gasteiger partial charge in [-0.15, -0.1) is 0 Å². The van der Waals surface area contributed by atoms with Crippen molar-refractivity contribution in [3.63, 3.8) is 0 Å². The van der Waals surface area contributed by atoms with E-state index in [0.717, 1.165) is 34.9 Å². The average Bonchev–Trinajstić information content (AvgIpc) is 2.88. The van der Waals surface area contributed by atoms with E-state index in [2.05, 4.69) is 44.1 Å². The van der Waals surface area contributed by atoms with Crippen molar-refractivity contribution in [2.45, 2.75) is 39.4 Å². The molecule has 0 amide bonds. The van der Waals surface area contributed by atoms with E-state index in [1.807, 2.05) is 18.2 Å². The average molecular weight is 307 g/mol. The highest BCUT2D eigenvalue weighted by Crippen LogP contribution is 2.28. The Morgan fingerprint density at radius 3 is 2.62 bits per heavy atom. The van der Waals surface area contributed by atoms with Crippen LogP contribution in [0.4, 0.5) is 5.69 Å². The Morgan fingerprint density at radius 2 is 2.00 bits per heavy atom. The van der Waals surface area contributed by atoms with Crippen molar-refractivity contribution in [3.05, 3.63) is 52.9 Å². The molecule has 0 unspecified atom stereocenters. The molecule has 1 aromatic carbocycles. The summed E-state index contributed by atoms with van der Waals surface area (Å²) < 4.78 is 5.13. The van der Waals surface area contributed by atoms with Gasteiger partial charge in [-0.05, 0) is 39.0 Å². The lowest BCUT2D eigenvalue weighted by Crippen LogP contribution is -2.35. The van der Waals surface area contributed by atoms with Crippen LogP contribution in [0.25, 0.3) is 0 Å². The Labute approximate surface area is 131 Å². The molecule has 0 saturated carbocycles. The molecule has 0 spiro atoms. The van der Waals surface area contributed by atoms with Crippen molar-refractivity contribution in [1.29, 1.82) is 0 Å². The maximum atomic E-state index is 6.40. The van der Waals surface area contributed by atoms with E-state index >= 15 is 0 Å². The van der Waals surface area contributed by atoms with Crippen LogP contribution in [0, 0.1) is 0 Å². The monoisotopic (exact) mass is 306 g/mol.